The Bertz CT molecular complexity index is 913. The SMILES string of the molecule is CC[C@H](Sc1nc(NC(C)=O)c(NC(=O)c2ccccc2)c(=O)[nH]1)C(=O)[O-]. The van der Waals surface area contributed by atoms with E-state index in [4.69, 9.17) is 0 Å². The third kappa shape index (κ3) is 5.42. The number of amides is 2. The van der Waals surface area contributed by atoms with Gasteiger partial charge < -0.3 is 20.5 Å². The van der Waals surface area contributed by atoms with E-state index in [-0.39, 0.29) is 23.1 Å². The molecule has 142 valence electrons. The molecule has 0 aliphatic carbocycles. The van der Waals surface area contributed by atoms with Crippen molar-refractivity contribution in [3.8, 4) is 0 Å². The zero-order valence-corrected chi connectivity index (χ0v) is 15.4. The number of aliphatic carboxylic acids is 1. The lowest BCUT2D eigenvalue weighted by atomic mass is 10.2. The number of hydrogen-bond acceptors (Lipinski definition) is 7. The van der Waals surface area contributed by atoms with Crippen LogP contribution in [0.2, 0.25) is 0 Å². The molecule has 0 bridgehead atoms. The number of aromatic amines is 1. The number of H-pyrrole nitrogens is 1. The molecule has 27 heavy (non-hydrogen) atoms. The van der Waals surface area contributed by atoms with Gasteiger partial charge in [0, 0.05) is 12.5 Å². The summed E-state index contributed by atoms with van der Waals surface area (Å²) in [5, 5.41) is 14.9. The minimum atomic E-state index is -1.30. The van der Waals surface area contributed by atoms with Crippen molar-refractivity contribution in [1.29, 1.82) is 0 Å². The summed E-state index contributed by atoms with van der Waals surface area (Å²) in [6, 6.07) is 8.19. The highest BCUT2D eigenvalue weighted by atomic mass is 32.2. The van der Waals surface area contributed by atoms with Gasteiger partial charge in [0.05, 0.1) is 11.2 Å². The molecule has 0 aliphatic rings. The molecule has 2 amide bonds. The first kappa shape index (κ1) is 20.2. The van der Waals surface area contributed by atoms with Gasteiger partial charge in [-0.15, -0.1) is 0 Å². The van der Waals surface area contributed by atoms with Crippen molar-refractivity contribution in [2.45, 2.75) is 30.7 Å². The summed E-state index contributed by atoms with van der Waals surface area (Å²) in [6.45, 7) is 2.86. The van der Waals surface area contributed by atoms with Crippen molar-refractivity contribution < 1.29 is 19.5 Å². The molecule has 1 atom stereocenters. The molecule has 9 nitrogen and oxygen atoms in total. The molecule has 2 aromatic rings. The van der Waals surface area contributed by atoms with E-state index in [2.05, 4.69) is 20.6 Å². The number of carboxylic acid groups (broad SMARTS) is 1. The number of anilines is 2. The molecule has 3 N–H and O–H groups in total. The summed E-state index contributed by atoms with van der Waals surface area (Å²) in [7, 11) is 0. The van der Waals surface area contributed by atoms with Crippen LogP contribution in [0.3, 0.4) is 0 Å². The molecule has 1 heterocycles. The minimum absolute atomic E-state index is 0.0162. The van der Waals surface area contributed by atoms with Gasteiger partial charge in [-0.1, -0.05) is 36.9 Å². The van der Waals surface area contributed by atoms with E-state index in [1.165, 1.54) is 6.92 Å². The van der Waals surface area contributed by atoms with Crippen LogP contribution in [0.5, 0.6) is 0 Å². The Morgan fingerprint density at radius 1 is 1.22 bits per heavy atom. The standard InChI is InChI=1S/C17H18N4O5S/c1-3-11(16(25)26)27-17-20-13(18-9(2)22)12(15(24)21-17)19-14(23)10-7-5-4-6-8-10/h4-8,11H,3H2,1-2H3,(H,19,23)(H,25,26)(H2,18,20,21,22,24)/p-1/t11-/m0/s1. The highest BCUT2D eigenvalue weighted by Crippen LogP contribution is 2.24. The van der Waals surface area contributed by atoms with Crippen LogP contribution in [0.25, 0.3) is 0 Å². The summed E-state index contributed by atoms with van der Waals surface area (Å²) < 4.78 is 0. The number of carbonyl (C=O) groups excluding carboxylic acids is 3. The Morgan fingerprint density at radius 3 is 2.44 bits per heavy atom. The van der Waals surface area contributed by atoms with Gasteiger partial charge in [0.2, 0.25) is 5.91 Å². The predicted molar refractivity (Wildman–Crippen MR) is 98.5 cm³/mol. The molecule has 2 rings (SSSR count). The molecule has 1 aromatic carbocycles. The molecular formula is C17H17N4O5S-. The quantitative estimate of drug-likeness (QED) is 0.464. The predicted octanol–water partition coefficient (Wildman–Crippen LogP) is 0.601. The third-order valence-electron chi connectivity index (χ3n) is 3.35. The third-order valence-corrected chi connectivity index (χ3v) is 4.58. The van der Waals surface area contributed by atoms with Crippen LogP contribution in [0.15, 0.2) is 40.3 Å². The molecule has 1 aromatic heterocycles. The lowest BCUT2D eigenvalue weighted by molar-refractivity contribution is -0.304. The maximum atomic E-state index is 12.4. The van der Waals surface area contributed by atoms with Crippen LogP contribution in [0.4, 0.5) is 11.5 Å². The van der Waals surface area contributed by atoms with Crippen LogP contribution in [0, 0.1) is 0 Å². The fourth-order valence-corrected chi connectivity index (χ4v) is 2.92. The van der Waals surface area contributed by atoms with Crippen LogP contribution >= 0.6 is 11.8 Å². The van der Waals surface area contributed by atoms with E-state index < -0.39 is 28.6 Å². The molecule has 0 aliphatic heterocycles. The lowest BCUT2D eigenvalue weighted by Crippen LogP contribution is -2.33. The Labute approximate surface area is 158 Å². The van der Waals surface area contributed by atoms with Crippen LogP contribution in [-0.2, 0) is 9.59 Å². The highest BCUT2D eigenvalue weighted by Gasteiger charge is 2.19. The van der Waals surface area contributed by atoms with Gasteiger partial charge in [-0.3, -0.25) is 19.4 Å². The average Bonchev–Trinajstić information content (AvgIpc) is 2.62. The second-order valence-corrected chi connectivity index (χ2v) is 6.62. The number of benzene rings is 1. The summed E-state index contributed by atoms with van der Waals surface area (Å²) in [6.07, 6.45) is 0.249. The van der Waals surface area contributed by atoms with Crippen molar-refractivity contribution in [1.82, 2.24) is 9.97 Å². The van der Waals surface area contributed by atoms with E-state index in [1.807, 2.05) is 0 Å². The molecule has 0 fully saturated rings. The lowest BCUT2D eigenvalue weighted by Gasteiger charge is -2.16. The second kappa shape index (κ2) is 8.99. The van der Waals surface area contributed by atoms with Gasteiger partial charge in [-0.2, -0.15) is 0 Å². The number of thioether (sulfide) groups is 1. The average molecular weight is 389 g/mol. The van der Waals surface area contributed by atoms with Crippen molar-refractivity contribution in [3.05, 3.63) is 46.2 Å². The van der Waals surface area contributed by atoms with Crippen molar-refractivity contribution in [2.75, 3.05) is 10.6 Å². The number of hydrogen-bond donors (Lipinski definition) is 3. The van der Waals surface area contributed by atoms with Crippen LogP contribution in [-0.4, -0.2) is 33.0 Å². The van der Waals surface area contributed by atoms with E-state index in [1.54, 1.807) is 37.3 Å². The van der Waals surface area contributed by atoms with Gasteiger partial charge in [-0.05, 0) is 18.6 Å². The van der Waals surface area contributed by atoms with Gasteiger partial charge in [-0.25, -0.2) is 4.98 Å². The molecule has 0 saturated carbocycles. The van der Waals surface area contributed by atoms with Crippen molar-refractivity contribution >= 4 is 41.1 Å². The first-order chi connectivity index (χ1) is 12.8. The number of rotatable bonds is 7. The monoisotopic (exact) mass is 389 g/mol. The van der Waals surface area contributed by atoms with E-state index in [9.17, 15) is 24.3 Å². The van der Waals surface area contributed by atoms with E-state index in [0.717, 1.165) is 11.8 Å². The molecule has 0 spiro atoms. The van der Waals surface area contributed by atoms with Crippen molar-refractivity contribution in [2.24, 2.45) is 0 Å². The fraction of sp³-hybridized carbons (Fsp3) is 0.235. The summed E-state index contributed by atoms with van der Waals surface area (Å²) in [4.78, 5) is 53.7. The summed E-state index contributed by atoms with van der Waals surface area (Å²) in [5.74, 6) is -2.54. The number of aromatic nitrogens is 2. The number of carbonyl (C=O) groups is 3. The summed E-state index contributed by atoms with van der Waals surface area (Å²) in [5.41, 5.74) is -0.661. The molecule has 0 unspecified atom stereocenters. The fourth-order valence-electron chi connectivity index (χ4n) is 2.09. The van der Waals surface area contributed by atoms with Crippen molar-refractivity contribution in [3.63, 3.8) is 0 Å². The maximum absolute atomic E-state index is 12.4. The van der Waals surface area contributed by atoms with Gasteiger partial charge in [0.1, 0.15) is 0 Å². The first-order valence-electron chi connectivity index (χ1n) is 7.97. The Balaban J connectivity index is 2.38. The largest absolute Gasteiger partial charge is 0.549 e. The van der Waals surface area contributed by atoms with Gasteiger partial charge >= 0.3 is 0 Å². The summed E-state index contributed by atoms with van der Waals surface area (Å²) >= 11 is 0.783. The zero-order valence-electron chi connectivity index (χ0n) is 14.6. The minimum Gasteiger partial charge on any atom is -0.549 e. The van der Waals surface area contributed by atoms with Crippen LogP contribution < -0.4 is 21.3 Å². The Morgan fingerprint density at radius 2 is 1.89 bits per heavy atom. The molecular weight excluding hydrogens is 372 g/mol. The first-order valence-corrected chi connectivity index (χ1v) is 8.85. The number of carboxylic acids is 1. The van der Waals surface area contributed by atoms with E-state index >= 15 is 0 Å². The molecule has 0 radical (unpaired) electrons. The smallest absolute Gasteiger partial charge is 0.277 e. The van der Waals surface area contributed by atoms with Crippen LogP contribution in [0.1, 0.15) is 30.6 Å². The topological polar surface area (TPSA) is 144 Å². The van der Waals surface area contributed by atoms with E-state index in [0.29, 0.717) is 5.56 Å². The Kier molecular flexibility index (Phi) is 6.72. The molecule has 0 saturated heterocycles. The normalized spacial score (nSPS) is 11.5. The van der Waals surface area contributed by atoms with Gasteiger partial charge in [0.15, 0.2) is 16.7 Å². The van der Waals surface area contributed by atoms with Gasteiger partial charge in [0.25, 0.3) is 11.5 Å². The number of nitrogens with one attached hydrogen (secondary N) is 3. The number of nitrogens with zero attached hydrogens (tertiary/aromatic N) is 1. The zero-order chi connectivity index (χ0) is 20.0. The highest BCUT2D eigenvalue weighted by molar-refractivity contribution is 8.00. The molecule has 10 heteroatoms. The second-order valence-electron chi connectivity index (χ2n) is 5.43. The maximum Gasteiger partial charge on any atom is 0.277 e. The Hall–Kier alpha value is -3.14.